The van der Waals surface area contributed by atoms with E-state index in [1.54, 1.807) is 0 Å². The van der Waals surface area contributed by atoms with Gasteiger partial charge in [-0.25, -0.2) is 0 Å². The lowest BCUT2D eigenvalue weighted by Gasteiger charge is -2.21. The van der Waals surface area contributed by atoms with Crippen LogP contribution in [0.25, 0.3) is 0 Å². The maximum Gasteiger partial charge on any atom is 0.122 e. The van der Waals surface area contributed by atoms with Gasteiger partial charge in [-0.05, 0) is 57.0 Å². The van der Waals surface area contributed by atoms with Crippen LogP contribution in [-0.2, 0) is 0 Å². The molecule has 0 aliphatic carbocycles. The maximum atomic E-state index is 6.29. The van der Waals surface area contributed by atoms with Gasteiger partial charge in [0.1, 0.15) is 5.75 Å². The molecule has 18 heavy (non-hydrogen) atoms. The minimum atomic E-state index is 0.109. The van der Waals surface area contributed by atoms with Crippen LogP contribution >= 0.6 is 0 Å². The molecule has 100 valence electrons. The Morgan fingerprint density at radius 2 is 2.06 bits per heavy atom. The van der Waals surface area contributed by atoms with E-state index in [9.17, 15) is 0 Å². The first-order valence-corrected chi connectivity index (χ1v) is 6.92. The lowest BCUT2D eigenvalue weighted by Crippen LogP contribution is -2.29. The van der Waals surface area contributed by atoms with Gasteiger partial charge in [-0.15, -0.1) is 0 Å². The van der Waals surface area contributed by atoms with Crippen LogP contribution in [0.5, 0.6) is 5.75 Å². The number of nitrogens with two attached hydrogens (primary N) is 1. The molecule has 1 fully saturated rings. The Kier molecular flexibility index (Phi) is 4.61. The third kappa shape index (κ3) is 3.24. The maximum absolute atomic E-state index is 6.29. The molecule has 1 aliphatic heterocycles. The van der Waals surface area contributed by atoms with E-state index in [0.29, 0.717) is 6.61 Å². The topological polar surface area (TPSA) is 38.5 Å². The highest BCUT2D eigenvalue weighted by Crippen LogP contribution is 2.23. The predicted molar refractivity (Wildman–Crippen MR) is 75.0 cm³/mol. The van der Waals surface area contributed by atoms with Crippen molar-refractivity contribution in [2.45, 2.75) is 32.7 Å². The van der Waals surface area contributed by atoms with E-state index >= 15 is 0 Å². The Morgan fingerprint density at radius 3 is 2.67 bits per heavy atom. The summed E-state index contributed by atoms with van der Waals surface area (Å²) < 4.78 is 5.55. The second-order valence-corrected chi connectivity index (χ2v) is 5.07. The molecule has 2 N–H and O–H groups in total. The monoisotopic (exact) mass is 248 g/mol. The third-order valence-corrected chi connectivity index (χ3v) is 3.58. The van der Waals surface area contributed by atoms with Crippen molar-refractivity contribution in [3.8, 4) is 5.75 Å². The molecular weight excluding hydrogens is 224 g/mol. The highest BCUT2D eigenvalue weighted by atomic mass is 16.5. The van der Waals surface area contributed by atoms with Crippen LogP contribution in [0.3, 0.4) is 0 Å². The summed E-state index contributed by atoms with van der Waals surface area (Å²) >= 11 is 0. The van der Waals surface area contributed by atoms with Crippen molar-refractivity contribution >= 4 is 0 Å². The second kappa shape index (κ2) is 6.21. The zero-order valence-electron chi connectivity index (χ0n) is 11.5. The van der Waals surface area contributed by atoms with Gasteiger partial charge in [-0.2, -0.15) is 0 Å². The Bertz CT molecular complexity index is 386. The van der Waals surface area contributed by atoms with E-state index in [-0.39, 0.29) is 6.04 Å². The summed E-state index contributed by atoms with van der Waals surface area (Å²) in [6.07, 6.45) is 2.63. The van der Waals surface area contributed by atoms with Gasteiger partial charge < -0.3 is 15.4 Å². The number of hydrogen-bond acceptors (Lipinski definition) is 3. The fourth-order valence-corrected chi connectivity index (χ4v) is 2.57. The Hall–Kier alpha value is -1.06. The number of rotatable bonds is 5. The third-order valence-electron chi connectivity index (χ3n) is 3.58. The molecule has 0 saturated carbocycles. The molecule has 0 amide bonds. The summed E-state index contributed by atoms with van der Waals surface area (Å²) in [6.45, 7) is 8.16. The van der Waals surface area contributed by atoms with E-state index in [0.717, 1.165) is 12.3 Å². The van der Waals surface area contributed by atoms with Gasteiger partial charge in [-0.1, -0.05) is 12.1 Å². The van der Waals surface area contributed by atoms with Gasteiger partial charge in [0, 0.05) is 12.6 Å². The molecule has 3 nitrogen and oxygen atoms in total. The van der Waals surface area contributed by atoms with Crippen LogP contribution in [0.4, 0.5) is 0 Å². The molecule has 0 spiro atoms. The number of likely N-dealkylation sites (tertiary alicyclic amines) is 1. The number of ether oxygens (including phenoxy) is 1. The average molecular weight is 248 g/mol. The fourth-order valence-electron chi connectivity index (χ4n) is 2.57. The average Bonchev–Trinajstić information content (AvgIpc) is 2.84. The van der Waals surface area contributed by atoms with Crippen molar-refractivity contribution < 1.29 is 4.74 Å². The molecule has 1 saturated heterocycles. The van der Waals surface area contributed by atoms with Crippen LogP contribution in [0, 0.1) is 6.92 Å². The molecular formula is C15H24N2O. The molecule has 0 radical (unpaired) electrons. The molecule has 1 heterocycles. The summed E-state index contributed by atoms with van der Waals surface area (Å²) in [4.78, 5) is 2.45. The summed E-state index contributed by atoms with van der Waals surface area (Å²) in [5, 5.41) is 0. The second-order valence-electron chi connectivity index (χ2n) is 5.07. The zero-order chi connectivity index (χ0) is 13.0. The fraction of sp³-hybridized carbons (Fsp3) is 0.600. The zero-order valence-corrected chi connectivity index (χ0v) is 11.5. The van der Waals surface area contributed by atoms with Crippen LogP contribution in [0.15, 0.2) is 18.2 Å². The van der Waals surface area contributed by atoms with Crippen molar-refractivity contribution in [1.29, 1.82) is 0 Å². The number of nitrogens with zero attached hydrogens (tertiary/aromatic N) is 1. The Balaban J connectivity index is 2.01. The van der Waals surface area contributed by atoms with Gasteiger partial charge in [-0.3, -0.25) is 0 Å². The van der Waals surface area contributed by atoms with Crippen LogP contribution in [-0.4, -0.2) is 31.1 Å². The summed E-state index contributed by atoms with van der Waals surface area (Å²) in [5.41, 5.74) is 8.67. The van der Waals surface area contributed by atoms with Crippen molar-refractivity contribution in [2.75, 3.05) is 26.2 Å². The quantitative estimate of drug-likeness (QED) is 0.870. The van der Waals surface area contributed by atoms with Crippen molar-refractivity contribution in [3.63, 3.8) is 0 Å². The molecule has 3 heteroatoms. The molecule has 1 aromatic rings. The van der Waals surface area contributed by atoms with E-state index in [1.807, 2.05) is 13.0 Å². The highest BCUT2D eigenvalue weighted by molar-refractivity contribution is 5.37. The minimum Gasteiger partial charge on any atom is -0.494 e. The molecule has 1 atom stereocenters. The van der Waals surface area contributed by atoms with Crippen molar-refractivity contribution in [1.82, 2.24) is 4.90 Å². The molecule has 0 bridgehead atoms. The van der Waals surface area contributed by atoms with Crippen LogP contribution < -0.4 is 10.5 Å². The normalized spacial score (nSPS) is 17.9. The summed E-state index contributed by atoms with van der Waals surface area (Å²) in [6, 6.07) is 6.40. The van der Waals surface area contributed by atoms with Crippen molar-refractivity contribution in [2.24, 2.45) is 5.73 Å². The van der Waals surface area contributed by atoms with Crippen LogP contribution in [0.2, 0.25) is 0 Å². The smallest absolute Gasteiger partial charge is 0.122 e. The van der Waals surface area contributed by atoms with E-state index < -0.39 is 0 Å². The molecule has 1 aliphatic rings. The van der Waals surface area contributed by atoms with Gasteiger partial charge in [0.25, 0.3) is 0 Å². The van der Waals surface area contributed by atoms with Gasteiger partial charge in [0.05, 0.1) is 6.61 Å². The Labute approximate surface area is 110 Å². The van der Waals surface area contributed by atoms with Crippen molar-refractivity contribution in [3.05, 3.63) is 29.3 Å². The number of benzene rings is 1. The first-order valence-electron chi connectivity index (χ1n) is 6.92. The van der Waals surface area contributed by atoms with Gasteiger partial charge in [0.2, 0.25) is 0 Å². The summed E-state index contributed by atoms with van der Waals surface area (Å²) in [7, 11) is 0. The molecule has 1 unspecified atom stereocenters. The molecule has 2 rings (SSSR count). The largest absolute Gasteiger partial charge is 0.494 e. The standard InChI is InChI=1S/C15H24N2O/c1-3-18-15-7-6-13(10-12(15)2)14(16)11-17-8-4-5-9-17/h6-7,10,14H,3-5,8-9,11,16H2,1-2H3. The van der Waals surface area contributed by atoms with E-state index in [2.05, 4.69) is 24.0 Å². The van der Waals surface area contributed by atoms with E-state index in [4.69, 9.17) is 10.5 Å². The number of hydrogen-bond donors (Lipinski definition) is 1. The van der Waals surface area contributed by atoms with Crippen LogP contribution in [0.1, 0.15) is 36.9 Å². The SMILES string of the molecule is CCOc1ccc(C(N)CN2CCCC2)cc1C. The predicted octanol–water partition coefficient (Wildman–Crippen LogP) is 2.49. The van der Waals surface area contributed by atoms with Gasteiger partial charge in [0.15, 0.2) is 0 Å². The first-order chi connectivity index (χ1) is 8.70. The lowest BCUT2D eigenvalue weighted by molar-refractivity contribution is 0.315. The number of aryl methyl sites for hydroxylation is 1. The lowest BCUT2D eigenvalue weighted by atomic mass is 10.0. The summed E-state index contributed by atoms with van der Waals surface area (Å²) in [5.74, 6) is 0.967. The highest BCUT2D eigenvalue weighted by Gasteiger charge is 2.16. The molecule has 0 aromatic heterocycles. The first kappa shape index (κ1) is 13.4. The van der Waals surface area contributed by atoms with Gasteiger partial charge >= 0.3 is 0 Å². The van der Waals surface area contributed by atoms with E-state index in [1.165, 1.54) is 37.1 Å². The Morgan fingerprint density at radius 1 is 1.33 bits per heavy atom. The molecule has 1 aromatic carbocycles. The minimum absolute atomic E-state index is 0.109.